The fourth-order valence-electron chi connectivity index (χ4n) is 2.33. The molecule has 7 heteroatoms. The van der Waals surface area contributed by atoms with Crippen molar-refractivity contribution in [3.8, 4) is 0 Å². The molecule has 3 aromatic rings. The average molecular weight is 309 g/mol. The molecule has 0 atom stereocenters. The van der Waals surface area contributed by atoms with E-state index in [9.17, 15) is 4.39 Å². The zero-order valence-electron chi connectivity index (χ0n) is 11.5. The Morgan fingerprint density at radius 2 is 2.14 bits per heavy atom. The fraction of sp³-hybridized carbons (Fsp3) is 0.357. The number of benzene rings is 1. The summed E-state index contributed by atoms with van der Waals surface area (Å²) in [5.74, 6) is 2.19. The molecule has 0 aliphatic carbocycles. The third-order valence-electron chi connectivity index (χ3n) is 3.24. The van der Waals surface area contributed by atoms with Gasteiger partial charge in [-0.3, -0.25) is 0 Å². The summed E-state index contributed by atoms with van der Waals surface area (Å²) >= 11 is 5.82. The average Bonchev–Trinajstić information content (AvgIpc) is 3.01. The molecular formula is C14H14ClFN4O. The van der Waals surface area contributed by atoms with Crippen LogP contribution in [0, 0.1) is 12.7 Å². The van der Waals surface area contributed by atoms with Gasteiger partial charge in [-0.05, 0) is 18.2 Å². The van der Waals surface area contributed by atoms with Crippen molar-refractivity contribution in [3.63, 3.8) is 0 Å². The highest BCUT2D eigenvalue weighted by Crippen LogP contribution is 2.19. The van der Waals surface area contributed by atoms with E-state index < -0.39 is 0 Å². The summed E-state index contributed by atoms with van der Waals surface area (Å²) in [7, 11) is 0. The van der Waals surface area contributed by atoms with Crippen molar-refractivity contribution in [2.45, 2.75) is 26.3 Å². The topological polar surface area (TPSA) is 56.7 Å². The van der Waals surface area contributed by atoms with Crippen LogP contribution in [-0.4, -0.2) is 25.6 Å². The van der Waals surface area contributed by atoms with Crippen molar-refractivity contribution in [2.75, 3.05) is 5.88 Å². The van der Waals surface area contributed by atoms with Gasteiger partial charge in [0, 0.05) is 32.2 Å². The first kappa shape index (κ1) is 14.0. The Morgan fingerprint density at radius 3 is 2.86 bits per heavy atom. The molecule has 0 bridgehead atoms. The number of hydrogen-bond donors (Lipinski definition) is 0. The Morgan fingerprint density at radius 1 is 1.29 bits per heavy atom. The zero-order valence-corrected chi connectivity index (χ0v) is 12.3. The molecule has 0 N–H and O–H groups in total. The van der Waals surface area contributed by atoms with E-state index in [1.54, 1.807) is 13.0 Å². The number of aromatic nitrogens is 4. The van der Waals surface area contributed by atoms with Crippen molar-refractivity contribution >= 4 is 22.6 Å². The number of rotatable bonds is 5. The van der Waals surface area contributed by atoms with E-state index in [1.807, 2.05) is 4.57 Å². The number of fused-ring (bicyclic) bond motifs is 1. The van der Waals surface area contributed by atoms with Gasteiger partial charge in [0.2, 0.25) is 5.89 Å². The minimum absolute atomic E-state index is 0.281. The molecule has 1 aromatic carbocycles. The summed E-state index contributed by atoms with van der Waals surface area (Å²) in [6, 6.07) is 4.58. The molecular weight excluding hydrogens is 295 g/mol. The normalized spacial score (nSPS) is 11.4. The van der Waals surface area contributed by atoms with E-state index in [0.29, 0.717) is 37.0 Å². The maximum Gasteiger partial charge on any atom is 0.223 e. The van der Waals surface area contributed by atoms with Gasteiger partial charge >= 0.3 is 0 Å². The van der Waals surface area contributed by atoms with Gasteiger partial charge in [-0.1, -0.05) is 5.16 Å². The van der Waals surface area contributed by atoms with Crippen LogP contribution in [0.1, 0.15) is 17.5 Å². The minimum atomic E-state index is -0.281. The van der Waals surface area contributed by atoms with Gasteiger partial charge in [0.25, 0.3) is 0 Å². The number of aryl methyl sites for hydroxylation is 4. The standard InChI is InChI=1S/C14H14ClFN4O/c1-9-17-13(19-21-9)5-7-20-12-8-10(16)2-3-11(12)18-14(20)4-6-15/h2-3,8H,4-7H2,1H3. The number of hydrogen-bond acceptors (Lipinski definition) is 4. The Balaban J connectivity index is 1.94. The fourth-order valence-corrected chi connectivity index (χ4v) is 2.49. The van der Waals surface area contributed by atoms with Crippen LogP contribution in [0.3, 0.4) is 0 Å². The zero-order chi connectivity index (χ0) is 14.8. The molecule has 5 nitrogen and oxygen atoms in total. The highest BCUT2D eigenvalue weighted by atomic mass is 35.5. The number of imidazole rings is 1. The highest BCUT2D eigenvalue weighted by molar-refractivity contribution is 6.17. The second-order valence-corrected chi connectivity index (χ2v) is 5.11. The van der Waals surface area contributed by atoms with E-state index in [4.69, 9.17) is 16.1 Å². The predicted molar refractivity (Wildman–Crippen MR) is 76.9 cm³/mol. The van der Waals surface area contributed by atoms with Crippen LogP contribution in [0.5, 0.6) is 0 Å². The molecule has 2 aromatic heterocycles. The van der Waals surface area contributed by atoms with Gasteiger partial charge in [-0.2, -0.15) is 4.98 Å². The predicted octanol–water partition coefficient (Wildman–Crippen LogP) is 2.89. The number of alkyl halides is 1. The van der Waals surface area contributed by atoms with Crippen LogP contribution in [0.4, 0.5) is 4.39 Å². The summed E-state index contributed by atoms with van der Waals surface area (Å²) in [4.78, 5) is 8.68. The van der Waals surface area contributed by atoms with Crippen LogP contribution in [-0.2, 0) is 19.4 Å². The molecule has 0 aliphatic rings. The second-order valence-electron chi connectivity index (χ2n) is 4.73. The number of halogens is 2. The Bertz CT molecular complexity index is 768. The molecule has 0 saturated carbocycles. The molecule has 0 amide bonds. The Hall–Kier alpha value is -1.95. The molecule has 2 heterocycles. The van der Waals surface area contributed by atoms with E-state index in [2.05, 4.69) is 15.1 Å². The van der Waals surface area contributed by atoms with Crippen LogP contribution < -0.4 is 0 Å². The second kappa shape index (κ2) is 5.81. The van der Waals surface area contributed by atoms with Gasteiger partial charge in [0.05, 0.1) is 11.0 Å². The van der Waals surface area contributed by atoms with Crippen molar-refractivity contribution in [1.82, 2.24) is 19.7 Å². The number of nitrogens with zero attached hydrogens (tertiary/aromatic N) is 4. The molecule has 0 radical (unpaired) electrons. The summed E-state index contributed by atoms with van der Waals surface area (Å²) in [6.07, 6.45) is 1.22. The van der Waals surface area contributed by atoms with Crippen molar-refractivity contribution in [1.29, 1.82) is 0 Å². The SMILES string of the molecule is Cc1nc(CCn2c(CCCl)nc3ccc(F)cc32)no1. The van der Waals surface area contributed by atoms with Gasteiger partial charge in [0.1, 0.15) is 11.6 Å². The molecule has 0 saturated heterocycles. The minimum Gasteiger partial charge on any atom is -0.340 e. The highest BCUT2D eigenvalue weighted by Gasteiger charge is 2.12. The van der Waals surface area contributed by atoms with E-state index >= 15 is 0 Å². The van der Waals surface area contributed by atoms with Gasteiger partial charge < -0.3 is 9.09 Å². The smallest absolute Gasteiger partial charge is 0.223 e. The first-order valence-electron chi connectivity index (χ1n) is 6.67. The lowest BCUT2D eigenvalue weighted by Crippen LogP contribution is -2.08. The summed E-state index contributed by atoms with van der Waals surface area (Å²) in [5.41, 5.74) is 1.52. The largest absolute Gasteiger partial charge is 0.340 e. The van der Waals surface area contributed by atoms with Crippen molar-refractivity contribution < 1.29 is 8.91 Å². The van der Waals surface area contributed by atoms with E-state index in [0.717, 1.165) is 16.9 Å². The molecule has 0 aliphatic heterocycles. The third-order valence-corrected chi connectivity index (χ3v) is 3.43. The molecule has 0 unspecified atom stereocenters. The monoisotopic (exact) mass is 308 g/mol. The van der Waals surface area contributed by atoms with Crippen molar-refractivity contribution in [2.24, 2.45) is 0 Å². The maximum atomic E-state index is 13.5. The quantitative estimate of drug-likeness (QED) is 0.680. The molecule has 3 rings (SSSR count). The summed E-state index contributed by atoms with van der Waals surface area (Å²) in [6.45, 7) is 2.35. The molecule has 110 valence electrons. The Kier molecular flexibility index (Phi) is 3.88. The van der Waals surface area contributed by atoms with Crippen LogP contribution in [0.2, 0.25) is 0 Å². The van der Waals surface area contributed by atoms with Gasteiger partial charge in [-0.25, -0.2) is 9.37 Å². The first-order chi connectivity index (χ1) is 10.2. The van der Waals surface area contributed by atoms with Crippen LogP contribution >= 0.6 is 11.6 Å². The summed E-state index contributed by atoms with van der Waals surface area (Å²) in [5, 5.41) is 3.87. The van der Waals surface area contributed by atoms with E-state index in [-0.39, 0.29) is 5.82 Å². The van der Waals surface area contributed by atoms with Gasteiger partial charge in [-0.15, -0.1) is 11.6 Å². The Labute approximate surface area is 125 Å². The summed E-state index contributed by atoms with van der Waals surface area (Å²) < 4.78 is 20.4. The molecule has 0 fully saturated rings. The van der Waals surface area contributed by atoms with Gasteiger partial charge in [0.15, 0.2) is 5.82 Å². The lowest BCUT2D eigenvalue weighted by atomic mass is 10.3. The third kappa shape index (κ3) is 2.90. The molecule has 21 heavy (non-hydrogen) atoms. The van der Waals surface area contributed by atoms with E-state index in [1.165, 1.54) is 12.1 Å². The first-order valence-corrected chi connectivity index (χ1v) is 7.20. The van der Waals surface area contributed by atoms with Crippen LogP contribution in [0.15, 0.2) is 22.7 Å². The van der Waals surface area contributed by atoms with Crippen molar-refractivity contribution in [3.05, 3.63) is 41.6 Å². The maximum absolute atomic E-state index is 13.5. The lowest BCUT2D eigenvalue weighted by Gasteiger charge is -2.06. The lowest BCUT2D eigenvalue weighted by molar-refractivity contribution is 0.386. The molecule has 0 spiro atoms. The van der Waals surface area contributed by atoms with Crippen LogP contribution in [0.25, 0.3) is 11.0 Å².